The summed E-state index contributed by atoms with van der Waals surface area (Å²) in [5, 5.41) is 0. The molecule has 0 saturated heterocycles. The molecule has 3 aromatic rings. The van der Waals surface area contributed by atoms with Crippen LogP contribution in [0.25, 0.3) is 0 Å². The zero-order chi connectivity index (χ0) is 20.8. The lowest BCUT2D eigenvalue weighted by Crippen LogP contribution is -2.35. The van der Waals surface area contributed by atoms with E-state index in [0.29, 0.717) is 33.9 Å². The molecule has 7 nitrogen and oxygen atoms in total. The zero-order valence-electron chi connectivity index (χ0n) is 16.0. The summed E-state index contributed by atoms with van der Waals surface area (Å²) in [6.07, 6.45) is 1.65. The number of aryl methyl sites for hydroxylation is 1. The molecule has 0 unspecified atom stereocenters. The number of primary amides is 1. The van der Waals surface area contributed by atoms with E-state index in [9.17, 15) is 9.59 Å². The molecular weight excluding hydrogens is 368 g/mol. The lowest BCUT2D eigenvalue weighted by atomic mass is 10.1. The van der Waals surface area contributed by atoms with Gasteiger partial charge in [0, 0.05) is 11.8 Å². The fraction of sp³-hybridized carbons (Fsp3) is 0.136. The van der Waals surface area contributed by atoms with Crippen LogP contribution in [0.4, 0.5) is 11.4 Å². The van der Waals surface area contributed by atoms with Crippen molar-refractivity contribution in [2.75, 3.05) is 17.2 Å². The van der Waals surface area contributed by atoms with Crippen LogP contribution in [0.3, 0.4) is 0 Å². The standard InChI is InChI=1S/C22H22N4O3/c1-15-20(11-6-12-25-15)29-14-21(27)26(19-10-5-4-9-18(19)23)13-16-7-2-3-8-17(16)22(24)28/h2-12H,13-14,23H2,1H3,(H2,24,28). The van der Waals surface area contributed by atoms with Gasteiger partial charge in [-0.15, -0.1) is 0 Å². The first-order valence-corrected chi connectivity index (χ1v) is 9.04. The summed E-state index contributed by atoms with van der Waals surface area (Å²) >= 11 is 0. The first-order chi connectivity index (χ1) is 14.0. The quantitative estimate of drug-likeness (QED) is 0.603. The van der Waals surface area contributed by atoms with Gasteiger partial charge in [-0.25, -0.2) is 0 Å². The Balaban J connectivity index is 1.90. The average Bonchev–Trinajstić information content (AvgIpc) is 2.72. The van der Waals surface area contributed by atoms with Crippen molar-refractivity contribution in [2.24, 2.45) is 5.73 Å². The van der Waals surface area contributed by atoms with Crippen LogP contribution in [0.15, 0.2) is 66.9 Å². The van der Waals surface area contributed by atoms with Crippen LogP contribution in [0, 0.1) is 6.92 Å². The average molecular weight is 390 g/mol. The number of aromatic nitrogens is 1. The molecule has 0 saturated carbocycles. The minimum atomic E-state index is -0.559. The molecule has 148 valence electrons. The highest BCUT2D eigenvalue weighted by Crippen LogP contribution is 2.26. The van der Waals surface area contributed by atoms with Gasteiger partial charge in [0.05, 0.1) is 23.6 Å². The number of hydrogen-bond donors (Lipinski definition) is 2. The maximum absolute atomic E-state index is 13.1. The smallest absolute Gasteiger partial charge is 0.265 e. The zero-order valence-corrected chi connectivity index (χ0v) is 16.0. The highest BCUT2D eigenvalue weighted by atomic mass is 16.5. The van der Waals surface area contributed by atoms with E-state index in [0.717, 1.165) is 0 Å². The number of carbonyl (C=O) groups excluding carboxylic acids is 2. The molecule has 2 aromatic carbocycles. The van der Waals surface area contributed by atoms with Gasteiger partial charge in [-0.1, -0.05) is 30.3 Å². The van der Waals surface area contributed by atoms with E-state index in [4.69, 9.17) is 16.2 Å². The van der Waals surface area contributed by atoms with Gasteiger partial charge in [-0.3, -0.25) is 14.6 Å². The van der Waals surface area contributed by atoms with Gasteiger partial charge in [0.25, 0.3) is 5.91 Å². The van der Waals surface area contributed by atoms with Crippen LogP contribution in [0.1, 0.15) is 21.6 Å². The van der Waals surface area contributed by atoms with Crippen LogP contribution in [0.2, 0.25) is 0 Å². The van der Waals surface area contributed by atoms with E-state index >= 15 is 0 Å². The molecule has 29 heavy (non-hydrogen) atoms. The largest absolute Gasteiger partial charge is 0.482 e. The van der Waals surface area contributed by atoms with E-state index in [1.54, 1.807) is 73.8 Å². The molecule has 0 fully saturated rings. The van der Waals surface area contributed by atoms with Crippen molar-refractivity contribution in [3.05, 3.63) is 83.7 Å². The molecule has 7 heteroatoms. The lowest BCUT2D eigenvalue weighted by Gasteiger charge is -2.25. The number of nitrogens with two attached hydrogens (primary N) is 2. The molecule has 0 aliphatic heterocycles. The number of rotatable bonds is 7. The Bertz CT molecular complexity index is 1040. The molecule has 0 bridgehead atoms. The number of amides is 2. The summed E-state index contributed by atoms with van der Waals surface area (Å²) in [7, 11) is 0. The molecule has 0 spiro atoms. The summed E-state index contributed by atoms with van der Waals surface area (Å²) in [6.45, 7) is 1.72. The molecular formula is C22H22N4O3. The molecule has 0 radical (unpaired) electrons. The number of anilines is 2. The Kier molecular flexibility index (Phi) is 6.09. The molecule has 0 aliphatic carbocycles. The monoisotopic (exact) mass is 390 g/mol. The Hall–Kier alpha value is -3.87. The second-order valence-electron chi connectivity index (χ2n) is 6.44. The number of benzene rings is 2. The first-order valence-electron chi connectivity index (χ1n) is 9.04. The Morgan fingerprint density at radius 1 is 1.03 bits per heavy atom. The summed E-state index contributed by atoms with van der Waals surface area (Å²) in [6, 6.07) is 17.4. The minimum absolute atomic E-state index is 0.127. The predicted octanol–water partition coefficient (Wildman–Crippen LogP) is 2.68. The summed E-state index contributed by atoms with van der Waals surface area (Å²) in [4.78, 5) is 30.5. The topological polar surface area (TPSA) is 112 Å². The second kappa shape index (κ2) is 8.88. The van der Waals surface area contributed by atoms with Gasteiger partial charge < -0.3 is 21.1 Å². The van der Waals surface area contributed by atoms with Crippen LogP contribution >= 0.6 is 0 Å². The summed E-state index contributed by atoms with van der Waals surface area (Å²) < 4.78 is 5.67. The summed E-state index contributed by atoms with van der Waals surface area (Å²) in [5.41, 5.74) is 14.2. The normalized spacial score (nSPS) is 10.4. The SMILES string of the molecule is Cc1ncccc1OCC(=O)N(Cc1ccccc1C(N)=O)c1ccccc1N. The fourth-order valence-electron chi connectivity index (χ4n) is 2.95. The van der Waals surface area contributed by atoms with Gasteiger partial charge in [0.2, 0.25) is 5.91 Å². The highest BCUT2D eigenvalue weighted by molar-refractivity contribution is 5.98. The van der Waals surface area contributed by atoms with Crippen LogP contribution in [-0.4, -0.2) is 23.4 Å². The Morgan fingerprint density at radius 3 is 2.48 bits per heavy atom. The first kappa shape index (κ1) is 19.9. The molecule has 2 amide bonds. The fourth-order valence-corrected chi connectivity index (χ4v) is 2.95. The van der Waals surface area contributed by atoms with E-state index in [2.05, 4.69) is 4.98 Å². The maximum atomic E-state index is 13.1. The summed E-state index contributed by atoms with van der Waals surface area (Å²) in [5.74, 6) is -0.346. The van der Waals surface area contributed by atoms with Gasteiger partial charge in [0.15, 0.2) is 6.61 Å². The van der Waals surface area contributed by atoms with Crippen molar-refractivity contribution in [2.45, 2.75) is 13.5 Å². The van der Waals surface area contributed by atoms with Crippen LogP contribution in [0.5, 0.6) is 5.75 Å². The second-order valence-corrected chi connectivity index (χ2v) is 6.44. The van der Waals surface area contributed by atoms with E-state index < -0.39 is 5.91 Å². The number of nitrogen functional groups attached to an aromatic ring is 1. The molecule has 0 atom stereocenters. The molecule has 3 rings (SSSR count). The maximum Gasteiger partial charge on any atom is 0.265 e. The number of para-hydroxylation sites is 2. The Labute approximate surface area is 168 Å². The lowest BCUT2D eigenvalue weighted by molar-refractivity contribution is -0.120. The number of nitrogens with zero attached hydrogens (tertiary/aromatic N) is 2. The van der Waals surface area contributed by atoms with Gasteiger partial charge in [-0.2, -0.15) is 0 Å². The number of ether oxygens (including phenoxy) is 1. The van der Waals surface area contributed by atoms with Crippen molar-refractivity contribution in [3.8, 4) is 5.75 Å². The van der Waals surface area contributed by atoms with E-state index in [-0.39, 0.29) is 19.1 Å². The van der Waals surface area contributed by atoms with Crippen LogP contribution in [-0.2, 0) is 11.3 Å². The predicted molar refractivity (Wildman–Crippen MR) is 111 cm³/mol. The number of pyridine rings is 1. The van der Waals surface area contributed by atoms with Gasteiger partial charge in [0.1, 0.15) is 5.75 Å². The van der Waals surface area contributed by atoms with Crippen molar-refractivity contribution in [1.29, 1.82) is 0 Å². The van der Waals surface area contributed by atoms with Gasteiger partial charge >= 0.3 is 0 Å². The molecule has 1 heterocycles. The van der Waals surface area contributed by atoms with Gasteiger partial charge in [-0.05, 0) is 42.8 Å². The van der Waals surface area contributed by atoms with Crippen LogP contribution < -0.4 is 21.1 Å². The molecule has 1 aromatic heterocycles. The molecule has 4 N–H and O–H groups in total. The van der Waals surface area contributed by atoms with Crippen molar-refractivity contribution >= 4 is 23.2 Å². The van der Waals surface area contributed by atoms with E-state index in [1.165, 1.54) is 4.90 Å². The number of hydrogen-bond acceptors (Lipinski definition) is 5. The minimum Gasteiger partial charge on any atom is -0.482 e. The number of carbonyl (C=O) groups is 2. The van der Waals surface area contributed by atoms with Crippen molar-refractivity contribution in [1.82, 2.24) is 4.98 Å². The van der Waals surface area contributed by atoms with Crippen molar-refractivity contribution in [3.63, 3.8) is 0 Å². The Morgan fingerprint density at radius 2 is 1.76 bits per heavy atom. The third-order valence-corrected chi connectivity index (χ3v) is 4.45. The molecule has 0 aliphatic rings. The van der Waals surface area contributed by atoms with E-state index in [1.807, 2.05) is 0 Å². The third kappa shape index (κ3) is 4.70. The third-order valence-electron chi connectivity index (χ3n) is 4.45. The highest BCUT2D eigenvalue weighted by Gasteiger charge is 2.21. The van der Waals surface area contributed by atoms with Crippen molar-refractivity contribution < 1.29 is 14.3 Å².